The highest BCUT2D eigenvalue weighted by Gasteiger charge is 2.17. The molecule has 0 unspecified atom stereocenters. The monoisotopic (exact) mass is 472 g/mol. The largest absolute Gasteiger partial charge is 0.378 e. The predicted molar refractivity (Wildman–Crippen MR) is 135 cm³/mol. The van der Waals surface area contributed by atoms with Crippen molar-refractivity contribution in [3.63, 3.8) is 0 Å². The van der Waals surface area contributed by atoms with Crippen LogP contribution in [0.5, 0.6) is 0 Å². The number of hydrogen-bond acceptors (Lipinski definition) is 8. The Morgan fingerprint density at radius 2 is 1.76 bits per heavy atom. The van der Waals surface area contributed by atoms with E-state index in [0.29, 0.717) is 29.6 Å². The number of benzene rings is 2. The number of anilines is 4. The second-order valence-electron chi connectivity index (χ2n) is 7.85. The molecule has 0 radical (unpaired) electrons. The fraction of sp³-hybridized carbons (Fsp3) is 0.200. The highest BCUT2D eigenvalue weighted by Crippen LogP contribution is 2.28. The molecule has 0 bridgehead atoms. The van der Waals surface area contributed by atoms with Crippen LogP contribution in [0, 0.1) is 6.92 Å². The molecule has 2 N–H and O–H groups in total. The van der Waals surface area contributed by atoms with Crippen LogP contribution in [0.15, 0.2) is 66.9 Å². The van der Waals surface area contributed by atoms with Gasteiger partial charge in [0.15, 0.2) is 5.82 Å². The Balaban J connectivity index is 1.24. The van der Waals surface area contributed by atoms with E-state index in [1.165, 1.54) is 11.3 Å². The van der Waals surface area contributed by atoms with Gasteiger partial charge in [-0.3, -0.25) is 4.79 Å². The quantitative estimate of drug-likeness (QED) is 0.419. The summed E-state index contributed by atoms with van der Waals surface area (Å²) < 4.78 is 5.42. The van der Waals surface area contributed by atoms with Crippen molar-refractivity contribution in [2.45, 2.75) is 6.92 Å². The first-order valence-corrected chi connectivity index (χ1v) is 11.8. The van der Waals surface area contributed by atoms with Gasteiger partial charge in [0.2, 0.25) is 0 Å². The molecule has 4 aromatic rings. The van der Waals surface area contributed by atoms with Crippen LogP contribution >= 0.6 is 11.3 Å². The number of morpholine rings is 1. The molecule has 1 saturated heterocycles. The Kier molecular flexibility index (Phi) is 6.46. The van der Waals surface area contributed by atoms with Crippen molar-refractivity contribution >= 4 is 40.1 Å². The highest BCUT2D eigenvalue weighted by molar-refractivity contribution is 7.17. The average Bonchev–Trinajstić information content (AvgIpc) is 3.28. The van der Waals surface area contributed by atoms with Gasteiger partial charge in [-0.1, -0.05) is 30.3 Å². The van der Waals surface area contributed by atoms with Crippen LogP contribution in [0.3, 0.4) is 0 Å². The number of aromatic nitrogens is 3. The van der Waals surface area contributed by atoms with E-state index in [4.69, 9.17) is 4.74 Å². The fourth-order valence-electron chi connectivity index (χ4n) is 3.70. The zero-order valence-electron chi connectivity index (χ0n) is 18.7. The molecule has 2 aromatic heterocycles. The topological polar surface area (TPSA) is 92.3 Å². The van der Waals surface area contributed by atoms with Crippen molar-refractivity contribution < 1.29 is 9.53 Å². The van der Waals surface area contributed by atoms with Crippen LogP contribution in [-0.4, -0.2) is 47.4 Å². The van der Waals surface area contributed by atoms with E-state index in [9.17, 15) is 4.79 Å². The van der Waals surface area contributed by atoms with E-state index < -0.39 is 0 Å². The summed E-state index contributed by atoms with van der Waals surface area (Å²) in [5.74, 6) is 0.497. The molecule has 9 heteroatoms. The number of carbonyl (C=O) groups excluding carboxylic acids is 1. The van der Waals surface area contributed by atoms with Crippen molar-refractivity contribution in [3.05, 3.63) is 77.4 Å². The third-order valence-electron chi connectivity index (χ3n) is 5.46. The molecule has 1 aliphatic heterocycles. The summed E-state index contributed by atoms with van der Waals surface area (Å²) in [7, 11) is 0. The first kappa shape index (κ1) is 22.0. The molecule has 172 valence electrons. The first-order chi connectivity index (χ1) is 16.7. The minimum absolute atomic E-state index is 0.165. The van der Waals surface area contributed by atoms with E-state index in [1.807, 2.05) is 67.6 Å². The Labute approximate surface area is 201 Å². The Bertz CT molecular complexity index is 1270. The Morgan fingerprint density at radius 3 is 2.53 bits per heavy atom. The zero-order chi connectivity index (χ0) is 23.3. The third-order valence-corrected chi connectivity index (χ3v) is 6.66. The molecule has 0 atom stereocenters. The van der Waals surface area contributed by atoms with Crippen LogP contribution < -0.4 is 15.5 Å². The van der Waals surface area contributed by atoms with Gasteiger partial charge >= 0.3 is 0 Å². The summed E-state index contributed by atoms with van der Waals surface area (Å²) in [6.45, 7) is 4.97. The van der Waals surface area contributed by atoms with E-state index in [-0.39, 0.29) is 5.91 Å². The van der Waals surface area contributed by atoms with E-state index in [2.05, 4.69) is 30.7 Å². The molecule has 5 rings (SSSR count). The lowest BCUT2D eigenvalue weighted by Crippen LogP contribution is -2.36. The Morgan fingerprint density at radius 1 is 1.03 bits per heavy atom. The SMILES string of the molecule is Cc1nc(-c2ccccc2)sc1C(=O)Nc1ccc(Nc2cc(N3CCOCC3)cnn2)cc1. The molecule has 1 aliphatic rings. The van der Waals surface area contributed by atoms with Gasteiger partial charge in [-0.15, -0.1) is 16.4 Å². The van der Waals surface area contributed by atoms with Crippen LogP contribution in [0.25, 0.3) is 10.6 Å². The minimum Gasteiger partial charge on any atom is -0.378 e. The maximum atomic E-state index is 12.9. The zero-order valence-corrected chi connectivity index (χ0v) is 19.5. The van der Waals surface area contributed by atoms with Gasteiger partial charge in [-0.05, 0) is 31.2 Å². The van der Waals surface area contributed by atoms with Crippen molar-refractivity contribution in [1.29, 1.82) is 0 Å². The molecule has 1 fully saturated rings. The molecule has 0 spiro atoms. The number of nitrogens with zero attached hydrogens (tertiary/aromatic N) is 4. The second kappa shape index (κ2) is 9.98. The van der Waals surface area contributed by atoms with Crippen LogP contribution in [0.4, 0.5) is 22.9 Å². The van der Waals surface area contributed by atoms with E-state index >= 15 is 0 Å². The standard InChI is InChI=1S/C25H24N6O2S/c1-17-23(34-25(27-17)18-5-3-2-4-6-18)24(32)29-20-9-7-19(8-10-20)28-22-15-21(16-26-30-22)31-11-13-33-14-12-31/h2-10,15-16H,11-14H2,1H3,(H,28,30)(H,29,32). The van der Waals surface area contributed by atoms with E-state index in [0.717, 1.165) is 40.7 Å². The maximum Gasteiger partial charge on any atom is 0.267 e. The molecular weight excluding hydrogens is 448 g/mol. The molecule has 0 aliphatic carbocycles. The molecule has 0 saturated carbocycles. The Hall–Kier alpha value is -3.82. The maximum absolute atomic E-state index is 12.9. The van der Waals surface area contributed by atoms with Crippen molar-refractivity contribution in [2.24, 2.45) is 0 Å². The molecule has 3 heterocycles. The number of nitrogens with one attached hydrogen (secondary N) is 2. The number of hydrogen-bond donors (Lipinski definition) is 2. The minimum atomic E-state index is -0.165. The van der Waals surface area contributed by atoms with Gasteiger partial charge in [0.05, 0.1) is 30.8 Å². The summed E-state index contributed by atoms with van der Waals surface area (Å²) in [5.41, 5.74) is 4.30. The van der Waals surface area contributed by atoms with Gasteiger partial charge in [-0.25, -0.2) is 4.98 Å². The van der Waals surface area contributed by atoms with Gasteiger partial charge < -0.3 is 20.3 Å². The third kappa shape index (κ3) is 5.05. The number of carbonyl (C=O) groups is 1. The summed E-state index contributed by atoms with van der Waals surface area (Å²) >= 11 is 1.40. The number of ether oxygens (including phenoxy) is 1. The van der Waals surface area contributed by atoms with Crippen LogP contribution in [0.2, 0.25) is 0 Å². The summed E-state index contributed by atoms with van der Waals surface area (Å²) in [4.78, 5) is 20.3. The molecule has 1 amide bonds. The van der Waals surface area contributed by atoms with Gasteiger partial charge in [0.25, 0.3) is 5.91 Å². The number of rotatable bonds is 6. The smallest absolute Gasteiger partial charge is 0.267 e. The normalized spacial score (nSPS) is 13.5. The van der Waals surface area contributed by atoms with Crippen molar-refractivity contribution in [1.82, 2.24) is 15.2 Å². The lowest BCUT2D eigenvalue weighted by atomic mass is 10.2. The fourth-order valence-corrected chi connectivity index (χ4v) is 4.66. The van der Waals surface area contributed by atoms with Gasteiger partial charge in [0, 0.05) is 36.1 Å². The van der Waals surface area contributed by atoms with Crippen LogP contribution in [-0.2, 0) is 4.74 Å². The summed E-state index contributed by atoms with van der Waals surface area (Å²) in [5, 5.41) is 15.4. The molecule has 34 heavy (non-hydrogen) atoms. The number of thiazole rings is 1. The molecule has 8 nitrogen and oxygen atoms in total. The van der Waals surface area contributed by atoms with E-state index in [1.54, 1.807) is 6.20 Å². The number of aryl methyl sites for hydroxylation is 1. The summed E-state index contributed by atoms with van der Waals surface area (Å²) in [6.07, 6.45) is 1.76. The lowest BCUT2D eigenvalue weighted by Gasteiger charge is -2.28. The number of amides is 1. The average molecular weight is 473 g/mol. The molecular formula is C25H24N6O2S. The predicted octanol–water partition coefficient (Wildman–Crippen LogP) is 4.74. The van der Waals surface area contributed by atoms with Crippen LogP contribution in [0.1, 0.15) is 15.4 Å². The lowest BCUT2D eigenvalue weighted by molar-refractivity contribution is 0.103. The van der Waals surface area contributed by atoms with Crippen molar-refractivity contribution in [2.75, 3.05) is 41.8 Å². The van der Waals surface area contributed by atoms with Gasteiger partial charge in [-0.2, -0.15) is 5.10 Å². The highest BCUT2D eigenvalue weighted by atomic mass is 32.1. The summed E-state index contributed by atoms with van der Waals surface area (Å²) in [6, 6.07) is 19.4. The second-order valence-corrected chi connectivity index (χ2v) is 8.85. The van der Waals surface area contributed by atoms with Crippen molar-refractivity contribution in [3.8, 4) is 10.6 Å². The van der Waals surface area contributed by atoms with Gasteiger partial charge in [0.1, 0.15) is 9.88 Å². The first-order valence-electron chi connectivity index (χ1n) is 11.0. The molecule has 2 aromatic carbocycles.